The predicted octanol–water partition coefficient (Wildman–Crippen LogP) is 2.05. The molecule has 3 rings (SSSR count). The van der Waals surface area contributed by atoms with Gasteiger partial charge in [0.15, 0.2) is 11.5 Å². The van der Waals surface area contributed by atoms with Gasteiger partial charge in [0.2, 0.25) is 5.91 Å². The van der Waals surface area contributed by atoms with Crippen LogP contribution in [-0.4, -0.2) is 29.7 Å². The SMILES string of the molecule is COc1cccc([C@@H](NC(=O)C2CC2)c2nccn2C)c1OC. The fourth-order valence-corrected chi connectivity index (χ4v) is 2.68. The maximum atomic E-state index is 12.3. The summed E-state index contributed by atoms with van der Waals surface area (Å²) in [6.07, 6.45) is 5.49. The number of carbonyl (C=O) groups is 1. The first-order chi connectivity index (χ1) is 11.2. The van der Waals surface area contributed by atoms with Gasteiger partial charge in [0.05, 0.1) is 14.2 Å². The molecular weight excluding hydrogens is 294 g/mol. The first-order valence-corrected chi connectivity index (χ1v) is 7.64. The van der Waals surface area contributed by atoms with Crippen molar-refractivity contribution in [1.29, 1.82) is 0 Å². The van der Waals surface area contributed by atoms with Crippen molar-refractivity contribution in [2.45, 2.75) is 18.9 Å². The number of ether oxygens (including phenoxy) is 2. The van der Waals surface area contributed by atoms with Crippen LogP contribution in [0.25, 0.3) is 0 Å². The van der Waals surface area contributed by atoms with Gasteiger partial charge in [0.25, 0.3) is 0 Å². The molecule has 1 aromatic carbocycles. The van der Waals surface area contributed by atoms with E-state index in [-0.39, 0.29) is 17.9 Å². The third kappa shape index (κ3) is 3.02. The van der Waals surface area contributed by atoms with Gasteiger partial charge in [-0.15, -0.1) is 0 Å². The Morgan fingerprint density at radius 2 is 2.13 bits per heavy atom. The van der Waals surface area contributed by atoms with E-state index in [2.05, 4.69) is 10.3 Å². The molecule has 1 aliphatic rings. The van der Waals surface area contributed by atoms with E-state index < -0.39 is 0 Å². The topological polar surface area (TPSA) is 65.4 Å². The van der Waals surface area contributed by atoms with Crippen LogP contribution in [0.1, 0.15) is 30.3 Å². The molecule has 0 aliphatic heterocycles. The van der Waals surface area contributed by atoms with Crippen LogP contribution < -0.4 is 14.8 Å². The third-order valence-corrected chi connectivity index (χ3v) is 4.10. The van der Waals surface area contributed by atoms with Crippen LogP contribution in [0.2, 0.25) is 0 Å². The second-order valence-corrected chi connectivity index (χ2v) is 5.69. The van der Waals surface area contributed by atoms with Crippen molar-refractivity contribution in [2.24, 2.45) is 13.0 Å². The van der Waals surface area contributed by atoms with Gasteiger partial charge < -0.3 is 19.4 Å². The van der Waals surface area contributed by atoms with Gasteiger partial charge in [0, 0.05) is 30.9 Å². The second kappa shape index (κ2) is 6.32. The van der Waals surface area contributed by atoms with Gasteiger partial charge in [-0.05, 0) is 18.9 Å². The van der Waals surface area contributed by atoms with Gasteiger partial charge in [-0.3, -0.25) is 4.79 Å². The van der Waals surface area contributed by atoms with Crippen molar-refractivity contribution in [3.05, 3.63) is 42.0 Å². The van der Waals surface area contributed by atoms with Crippen molar-refractivity contribution < 1.29 is 14.3 Å². The third-order valence-electron chi connectivity index (χ3n) is 4.10. The molecular formula is C17H21N3O3. The number of methoxy groups -OCH3 is 2. The lowest BCUT2D eigenvalue weighted by atomic mass is 10.0. The Kier molecular flexibility index (Phi) is 4.23. The Bertz CT molecular complexity index is 707. The Balaban J connectivity index is 2.04. The number of para-hydroxylation sites is 1. The lowest BCUT2D eigenvalue weighted by Crippen LogP contribution is -2.32. The van der Waals surface area contributed by atoms with Crippen molar-refractivity contribution in [3.63, 3.8) is 0 Å². The molecule has 6 nitrogen and oxygen atoms in total. The van der Waals surface area contributed by atoms with E-state index in [1.165, 1.54) is 0 Å². The Hall–Kier alpha value is -2.50. The van der Waals surface area contributed by atoms with E-state index in [1.54, 1.807) is 20.4 Å². The Labute approximate surface area is 135 Å². The summed E-state index contributed by atoms with van der Waals surface area (Å²) < 4.78 is 12.8. The zero-order valence-corrected chi connectivity index (χ0v) is 13.6. The molecule has 0 unspecified atom stereocenters. The number of nitrogens with zero attached hydrogens (tertiary/aromatic N) is 2. The van der Waals surface area contributed by atoms with E-state index in [9.17, 15) is 4.79 Å². The molecule has 0 bridgehead atoms. The van der Waals surface area contributed by atoms with Crippen molar-refractivity contribution >= 4 is 5.91 Å². The van der Waals surface area contributed by atoms with Crippen LogP contribution in [0.5, 0.6) is 11.5 Å². The molecule has 6 heteroatoms. The predicted molar refractivity (Wildman–Crippen MR) is 85.5 cm³/mol. The van der Waals surface area contributed by atoms with Crippen LogP contribution in [0.3, 0.4) is 0 Å². The van der Waals surface area contributed by atoms with Gasteiger partial charge >= 0.3 is 0 Å². The summed E-state index contributed by atoms with van der Waals surface area (Å²) >= 11 is 0. The van der Waals surface area contributed by atoms with Gasteiger partial charge in [-0.25, -0.2) is 4.98 Å². The lowest BCUT2D eigenvalue weighted by Gasteiger charge is -2.22. The molecule has 1 saturated carbocycles. The zero-order valence-electron chi connectivity index (χ0n) is 13.6. The molecule has 0 radical (unpaired) electrons. The molecule has 0 saturated heterocycles. The number of hydrogen-bond donors (Lipinski definition) is 1. The maximum Gasteiger partial charge on any atom is 0.223 e. The quantitative estimate of drug-likeness (QED) is 0.886. The second-order valence-electron chi connectivity index (χ2n) is 5.69. The number of amides is 1. The molecule has 23 heavy (non-hydrogen) atoms. The Morgan fingerprint density at radius 3 is 2.70 bits per heavy atom. The Morgan fingerprint density at radius 1 is 1.35 bits per heavy atom. The normalized spacial score (nSPS) is 15.1. The van der Waals surface area contributed by atoms with Gasteiger partial charge in [-0.2, -0.15) is 0 Å². The van der Waals surface area contributed by atoms with Gasteiger partial charge in [-0.1, -0.05) is 12.1 Å². The van der Waals surface area contributed by atoms with Crippen LogP contribution >= 0.6 is 0 Å². The monoisotopic (exact) mass is 315 g/mol. The lowest BCUT2D eigenvalue weighted by molar-refractivity contribution is -0.122. The molecule has 1 aromatic heterocycles. The highest BCUT2D eigenvalue weighted by atomic mass is 16.5. The fraction of sp³-hybridized carbons (Fsp3) is 0.412. The molecule has 122 valence electrons. The maximum absolute atomic E-state index is 12.3. The number of aryl methyl sites for hydroxylation is 1. The van der Waals surface area contributed by atoms with Crippen LogP contribution in [-0.2, 0) is 11.8 Å². The summed E-state index contributed by atoms with van der Waals surface area (Å²) in [5, 5.41) is 3.11. The minimum Gasteiger partial charge on any atom is -0.493 e. The molecule has 0 spiro atoms. The summed E-state index contributed by atoms with van der Waals surface area (Å²) in [7, 11) is 5.10. The van der Waals surface area contributed by atoms with E-state index in [1.807, 2.05) is 36.0 Å². The fourth-order valence-electron chi connectivity index (χ4n) is 2.68. The van der Waals surface area contributed by atoms with E-state index in [0.717, 1.165) is 24.2 Å². The van der Waals surface area contributed by atoms with E-state index in [0.29, 0.717) is 11.5 Å². The van der Waals surface area contributed by atoms with Crippen LogP contribution in [0.4, 0.5) is 0 Å². The number of imidazole rings is 1. The smallest absolute Gasteiger partial charge is 0.223 e. The molecule has 1 N–H and O–H groups in total. The van der Waals surface area contributed by atoms with E-state index >= 15 is 0 Å². The summed E-state index contributed by atoms with van der Waals surface area (Å²) in [5.74, 6) is 2.17. The van der Waals surface area contributed by atoms with E-state index in [4.69, 9.17) is 9.47 Å². The van der Waals surface area contributed by atoms with Crippen molar-refractivity contribution in [1.82, 2.24) is 14.9 Å². The average Bonchev–Trinajstić information content (AvgIpc) is 3.34. The standard InChI is InChI=1S/C17H21N3O3/c1-20-10-9-18-16(20)14(19-17(21)11-7-8-11)12-5-4-6-13(22-2)15(12)23-3/h4-6,9-11,14H,7-8H2,1-3H3,(H,19,21)/t14-/m1/s1. The number of rotatable bonds is 6. The highest BCUT2D eigenvalue weighted by Crippen LogP contribution is 2.38. The molecule has 1 heterocycles. The number of benzene rings is 1. The first-order valence-electron chi connectivity index (χ1n) is 7.64. The number of nitrogens with one attached hydrogen (secondary N) is 1. The minimum absolute atomic E-state index is 0.0582. The summed E-state index contributed by atoms with van der Waals surface area (Å²) in [4.78, 5) is 16.7. The number of hydrogen-bond acceptors (Lipinski definition) is 4. The highest BCUT2D eigenvalue weighted by Gasteiger charge is 2.33. The summed E-state index contributed by atoms with van der Waals surface area (Å²) in [5.41, 5.74) is 0.829. The van der Waals surface area contributed by atoms with Crippen molar-refractivity contribution in [2.75, 3.05) is 14.2 Å². The molecule has 1 amide bonds. The number of carbonyl (C=O) groups excluding carboxylic acids is 1. The zero-order chi connectivity index (χ0) is 16.4. The van der Waals surface area contributed by atoms with Gasteiger partial charge in [0.1, 0.15) is 11.9 Å². The molecule has 1 aliphatic carbocycles. The van der Waals surface area contributed by atoms with Crippen LogP contribution in [0, 0.1) is 5.92 Å². The number of aromatic nitrogens is 2. The minimum atomic E-state index is -0.381. The summed E-state index contributed by atoms with van der Waals surface area (Å²) in [6.45, 7) is 0. The highest BCUT2D eigenvalue weighted by molar-refractivity contribution is 5.81. The van der Waals surface area contributed by atoms with Crippen molar-refractivity contribution in [3.8, 4) is 11.5 Å². The first kappa shape index (κ1) is 15.4. The average molecular weight is 315 g/mol. The summed E-state index contributed by atoms with van der Waals surface area (Å²) in [6, 6.07) is 5.26. The molecule has 1 atom stereocenters. The van der Waals surface area contributed by atoms with Crippen LogP contribution in [0.15, 0.2) is 30.6 Å². The molecule has 1 fully saturated rings. The largest absolute Gasteiger partial charge is 0.493 e. The molecule has 2 aromatic rings.